The molecule has 0 rings (SSSR count). The summed E-state index contributed by atoms with van der Waals surface area (Å²) in [5, 5.41) is 50.3. The van der Waals surface area contributed by atoms with E-state index < -0.39 is 155 Å². The monoisotopic (exact) mass is 762 g/mol. The molecule has 0 aromatic carbocycles. The van der Waals surface area contributed by atoms with Crippen LogP contribution in [-0.2, 0) is 57.5 Å². The molecule has 0 bridgehead atoms. The van der Waals surface area contributed by atoms with Crippen LogP contribution in [0.25, 0.3) is 0 Å². The van der Waals surface area contributed by atoms with E-state index in [9.17, 15) is 62.6 Å². The average molecular weight is 763 g/mol. The van der Waals surface area contributed by atoms with Crippen LogP contribution in [0.4, 0.5) is 0 Å². The summed E-state index contributed by atoms with van der Waals surface area (Å²) in [6.45, 7) is -7.57. The van der Waals surface area contributed by atoms with Crippen LogP contribution < -0.4 is 64.2 Å². The first kappa shape index (κ1) is 46.5. The van der Waals surface area contributed by atoms with E-state index >= 15 is 0 Å². The van der Waals surface area contributed by atoms with Crippen LogP contribution in [0.5, 0.6) is 0 Å². The smallest absolute Gasteiger partial charge is 0.328 e. The van der Waals surface area contributed by atoms with Crippen molar-refractivity contribution in [1.29, 1.82) is 0 Å². The first-order valence-electron chi connectivity index (χ1n) is 15.2. The molecule has 0 aromatic heterocycles. The van der Waals surface area contributed by atoms with Gasteiger partial charge in [-0.3, -0.25) is 52.7 Å². The first-order chi connectivity index (χ1) is 25.0. The molecule has 0 fully saturated rings. The average Bonchev–Trinajstić information content (AvgIpc) is 3.13. The van der Waals surface area contributed by atoms with Gasteiger partial charge in [-0.15, -0.1) is 0 Å². The van der Waals surface area contributed by atoms with E-state index in [-0.39, 0.29) is 6.54 Å². The summed E-state index contributed by atoms with van der Waals surface area (Å²) in [6.07, 6.45) is 0. The van der Waals surface area contributed by atoms with Gasteiger partial charge in [-0.2, -0.15) is 0 Å². The molecule has 11 amide bonds. The minimum atomic E-state index is -1.57. The van der Waals surface area contributed by atoms with Crippen molar-refractivity contribution in [3.63, 3.8) is 0 Å². The maximum Gasteiger partial charge on any atom is 0.328 e. The number of rotatable bonds is 25. The van der Waals surface area contributed by atoms with Crippen LogP contribution in [0.3, 0.4) is 0 Å². The molecule has 0 aliphatic carbocycles. The van der Waals surface area contributed by atoms with Crippen molar-refractivity contribution in [2.24, 2.45) is 5.73 Å². The Labute approximate surface area is 299 Å². The predicted octanol–water partition coefficient (Wildman–Crippen LogP) is -12.0. The number of nitrogens with two attached hydrogens (primary N) is 1. The molecule has 2 atom stereocenters. The van der Waals surface area contributed by atoms with Crippen LogP contribution in [0, 0.1) is 0 Å². The third-order valence-electron chi connectivity index (χ3n) is 5.83. The number of aliphatic hydroxyl groups excluding tert-OH is 2. The molecule has 296 valence electrons. The van der Waals surface area contributed by atoms with Crippen LogP contribution in [-0.4, -0.2) is 177 Å². The Kier molecular flexibility index (Phi) is 23.1. The van der Waals surface area contributed by atoms with E-state index in [4.69, 9.17) is 15.9 Å². The fourth-order valence-electron chi connectivity index (χ4n) is 3.10. The van der Waals surface area contributed by atoms with Gasteiger partial charge in [0.15, 0.2) is 0 Å². The normalized spacial score (nSPS) is 11.2. The number of carbonyl (C=O) groups is 12. The van der Waals surface area contributed by atoms with Crippen molar-refractivity contribution in [2.45, 2.75) is 12.1 Å². The number of aliphatic carboxylic acids is 1. The summed E-state index contributed by atoms with van der Waals surface area (Å²) >= 11 is 0. The van der Waals surface area contributed by atoms with Gasteiger partial charge in [-0.05, 0) is 0 Å². The zero-order valence-electron chi connectivity index (χ0n) is 28.0. The summed E-state index contributed by atoms with van der Waals surface area (Å²) in [6, 6.07) is -3.12. The number of carbonyl (C=O) groups excluding carboxylic acids is 11. The third-order valence-corrected chi connectivity index (χ3v) is 5.83. The van der Waals surface area contributed by atoms with Gasteiger partial charge in [-0.25, -0.2) is 4.79 Å². The molecule has 0 saturated heterocycles. The highest BCUT2D eigenvalue weighted by molar-refractivity contribution is 5.95. The molecule has 0 saturated carbocycles. The second-order valence-electron chi connectivity index (χ2n) is 10.1. The molecule has 0 unspecified atom stereocenters. The van der Waals surface area contributed by atoms with Crippen LogP contribution in [0.1, 0.15) is 0 Å². The molecule has 27 heteroatoms. The van der Waals surface area contributed by atoms with Gasteiger partial charge >= 0.3 is 5.97 Å². The highest BCUT2D eigenvalue weighted by atomic mass is 16.4. The Morgan fingerprint density at radius 1 is 0.377 bits per heavy atom. The number of hydrogen-bond donors (Lipinski definition) is 15. The minimum absolute atomic E-state index is 0.330. The zero-order valence-corrected chi connectivity index (χ0v) is 28.0. The maximum atomic E-state index is 12.2. The summed E-state index contributed by atoms with van der Waals surface area (Å²) in [5.74, 6) is -10.6. The molecule has 0 spiro atoms. The number of hydrogen-bond acceptors (Lipinski definition) is 15. The molecule has 0 aromatic rings. The summed E-state index contributed by atoms with van der Waals surface area (Å²) in [7, 11) is 0. The van der Waals surface area contributed by atoms with Gasteiger partial charge in [0, 0.05) is 0 Å². The molecule has 0 radical (unpaired) electrons. The standard InChI is InChI=1S/C26H42N12O15/c27-1-15(41)28-2-16(42)29-3-17(43)31-6-20(46)34-9-23(49)37-13(11-39)25(51)36-8-22(48)33-5-19(45)30-4-18(44)32-7-21(47)35-10-24(50)38-14(12-40)26(52)53/h13-14,39-40H,1-12,27H2,(H,28,41)(H,29,42)(H,30,45)(H,31,43)(H,32,44)(H,33,48)(H,34,46)(H,35,47)(H,36,51)(H,37,49)(H,38,50)(H,52,53)/t13-,14-/m0/s1. The largest absolute Gasteiger partial charge is 0.480 e. The van der Waals surface area contributed by atoms with Crippen molar-refractivity contribution in [3.05, 3.63) is 0 Å². The molecular weight excluding hydrogens is 720 g/mol. The fourth-order valence-corrected chi connectivity index (χ4v) is 3.10. The van der Waals surface area contributed by atoms with Crippen LogP contribution >= 0.6 is 0 Å². The Hall–Kier alpha value is -6.48. The van der Waals surface area contributed by atoms with E-state index in [2.05, 4.69) is 53.2 Å². The maximum absolute atomic E-state index is 12.2. The number of nitrogens with one attached hydrogen (secondary N) is 11. The molecule has 0 heterocycles. The fraction of sp³-hybridized carbons (Fsp3) is 0.538. The molecule has 0 aliphatic rings. The SMILES string of the molecule is NCC(=O)NCC(=O)NCC(=O)NCC(=O)NCC(=O)N[C@@H](CO)C(=O)NCC(=O)NCC(=O)NCC(=O)NCC(=O)NCC(=O)N[C@@H](CO)C(=O)O. The van der Waals surface area contributed by atoms with Gasteiger partial charge in [0.2, 0.25) is 65.0 Å². The first-order valence-corrected chi connectivity index (χ1v) is 15.2. The Morgan fingerprint density at radius 3 is 0.887 bits per heavy atom. The van der Waals surface area contributed by atoms with Crippen molar-refractivity contribution >= 4 is 70.9 Å². The van der Waals surface area contributed by atoms with E-state index in [0.717, 1.165) is 0 Å². The molecular formula is C26H42N12O15. The van der Waals surface area contributed by atoms with E-state index in [0.29, 0.717) is 0 Å². The molecule has 53 heavy (non-hydrogen) atoms. The lowest BCUT2D eigenvalue weighted by Gasteiger charge is -2.16. The highest BCUT2D eigenvalue weighted by Crippen LogP contribution is 1.85. The van der Waals surface area contributed by atoms with Gasteiger partial charge in [-0.1, -0.05) is 0 Å². The second kappa shape index (κ2) is 26.3. The Balaban J connectivity index is 4.26. The van der Waals surface area contributed by atoms with Crippen molar-refractivity contribution in [1.82, 2.24) is 58.5 Å². The topological polar surface area (TPSA) is 424 Å². The van der Waals surface area contributed by atoms with Gasteiger partial charge in [0.1, 0.15) is 12.1 Å². The van der Waals surface area contributed by atoms with Gasteiger partial charge in [0.25, 0.3) is 0 Å². The van der Waals surface area contributed by atoms with E-state index in [1.807, 2.05) is 5.32 Å². The lowest BCUT2D eigenvalue weighted by atomic mass is 10.3. The van der Waals surface area contributed by atoms with Crippen LogP contribution in [0.2, 0.25) is 0 Å². The molecule has 16 N–H and O–H groups in total. The summed E-state index contributed by atoms with van der Waals surface area (Å²) < 4.78 is 0. The third kappa shape index (κ3) is 23.5. The number of carboxylic acid groups (broad SMARTS) is 1. The Morgan fingerprint density at radius 2 is 0.623 bits per heavy atom. The molecule has 27 nitrogen and oxygen atoms in total. The van der Waals surface area contributed by atoms with Gasteiger partial charge in [0.05, 0.1) is 78.7 Å². The van der Waals surface area contributed by atoms with Crippen molar-refractivity contribution in [3.8, 4) is 0 Å². The van der Waals surface area contributed by atoms with Crippen LogP contribution in [0.15, 0.2) is 0 Å². The predicted molar refractivity (Wildman–Crippen MR) is 172 cm³/mol. The highest BCUT2D eigenvalue weighted by Gasteiger charge is 2.21. The number of carboxylic acids is 1. The Bertz CT molecular complexity index is 1380. The lowest BCUT2D eigenvalue weighted by molar-refractivity contribution is -0.142. The summed E-state index contributed by atoms with van der Waals surface area (Å²) in [4.78, 5) is 140. The lowest BCUT2D eigenvalue weighted by Crippen LogP contribution is -2.53. The zero-order chi connectivity index (χ0) is 40.3. The summed E-state index contributed by atoms with van der Waals surface area (Å²) in [5.41, 5.74) is 5.07. The van der Waals surface area contributed by atoms with Crippen molar-refractivity contribution < 1.29 is 72.9 Å². The molecule has 0 aliphatic heterocycles. The van der Waals surface area contributed by atoms with Crippen molar-refractivity contribution in [2.75, 3.05) is 78.7 Å². The van der Waals surface area contributed by atoms with Gasteiger partial charge < -0.3 is 79.5 Å². The quantitative estimate of drug-likeness (QED) is 0.0410. The number of amides is 11. The minimum Gasteiger partial charge on any atom is -0.480 e. The number of aliphatic hydroxyl groups is 2. The van der Waals surface area contributed by atoms with E-state index in [1.54, 1.807) is 0 Å². The van der Waals surface area contributed by atoms with E-state index in [1.165, 1.54) is 0 Å². The second-order valence-corrected chi connectivity index (χ2v) is 10.1.